The van der Waals surface area contributed by atoms with Gasteiger partial charge >= 0.3 is 6.09 Å². The zero-order valence-electron chi connectivity index (χ0n) is 21.1. The molecule has 7 heteroatoms. The number of nitrogens with zero attached hydrogens (tertiary/aromatic N) is 1. The summed E-state index contributed by atoms with van der Waals surface area (Å²) in [4.78, 5) is 41.0. The summed E-state index contributed by atoms with van der Waals surface area (Å²) >= 11 is 0. The van der Waals surface area contributed by atoms with Crippen LogP contribution in [-0.4, -0.2) is 41.0 Å². The van der Waals surface area contributed by atoms with E-state index in [1.54, 1.807) is 32.6 Å². The standard InChI is InChI=1S/C27H37N3O4/c1-7-8-18-30(25(32)20(3)28-26(33)34-27(4,5)6)23(21-15-10-9-11-16-21)24(31)29-22-17-13-12-14-19(22)2/h9-17,20,23H,7-8,18H2,1-6H3,(H,28,33)(H,29,31). The number of amides is 3. The lowest BCUT2D eigenvalue weighted by Crippen LogP contribution is -2.51. The second-order valence-electron chi connectivity index (χ2n) is 9.37. The van der Waals surface area contributed by atoms with E-state index >= 15 is 0 Å². The molecule has 0 radical (unpaired) electrons. The molecular formula is C27H37N3O4. The van der Waals surface area contributed by atoms with Crippen molar-refractivity contribution in [2.75, 3.05) is 11.9 Å². The largest absolute Gasteiger partial charge is 0.444 e. The van der Waals surface area contributed by atoms with Crippen LogP contribution in [0.5, 0.6) is 0 Å². The first kappa shape index (κ1) is 26.9. The molecule has 0 saturated heterocycles. The van der Waals surface area contributed by atoms with Crippen molar-refractivity contribution in [3.63, 3.8) is 0 Å². The van der Waals surface area contributed by atoms with Crippen LogP contribution in [0.15, 0.2) is 54.6 Å². The van der Waals surface area contributed by atoms with Crippen LogP contribution in [0.1, 0.15) is 64.6 Å². The molecule has 34 heavy (non-hydrogen) atoms. The van der Waals surface area contributed by atoms with Gasteiger partial charge in [0.1, 0.15) is 17.7 Å². The number of benzene rings is 2. The van der Waals surface area contributed by atoms with Crippen LogP contribution in [0.4, 0.5) is 10.5 Å². The van der Waals surface area contributed by atoms with Gasteiger partial charge in [-0.2, -0.15) is 0 Å². The van der Waals surface area contributed by atoms with E-state index in [1.165, 1.54) is 0 Å². The van der Waals surface area contributed by atoms with Gasteiger partial charge < -0.3 is 20.3 Å². The first-order valence-electron chi connectivity index (χ1n) is 11.7. The highest BCUT2D eigenvalue weighted by Crippen LogP contribution is 2.25. The van der Waals surface area contributed by atoms with Crippen molar-refractivity contribution < 1.29 is 19.1 Å². The molecule has 2 aromatic carbocycles. The van der Waals surface area contributed by atoms with E-state index in [9.17, 15) is 14.4 Å². The molecule has 2 N–H and O–H groups in total. The SMILES string of the molecule is CCCCN(C(=O)C(C)NC(=O)OC(C)(C)C)C(C(=O)Nc1ccccc1C)c1ccccc1. The van der Waals surface area contributed by atoms with Crippen LogP contribution >= 0.6 is 0 Å². The number of hydrogen-bond donors (Lipinski definition) is 2. The number of nitrogens with one attached hydrogen (secondary N) is 2. The molecule has 0 fully saturated rings. The number of carbonyl (C=O) groups is 3. The normalized spacial score (nSPS) is 12.9. The summed E-state index contributed by atoms with van der Waals surface area (Å²) < 4.78 is 5.30. The Balaban J connectivity index is 2.37. The van der Waals surface area contributed by atoms with Crippen molar-refractivity contribution in [1.82, 2.24) is 10.2 Å². The minimum absolute atomic E-state index is 0.311. The van der Waals surface area contributed by atoms with Gasteiger partial charge in [-0.25, -0.2) is 4.79 Å². The molecule has 0 aliphatic rings. The minimum atomic E-state index is -0.871. The Kier molecular flexibility index (Phi) is 9.66. The number of ether oxygens (including phenoxy) is 1. The van der Waals surface area contributed by atoms with Gasteiger partial charge in [0, 0.05) is 12.2 Å². The number of alkyl carbamates (subject to hydrolysis) is 1. The Bertz CT molecular complexity index is 969. The molecule has 0 saturated carbocycles. The highest BCUT2D eigenvalue weighted by Gasteiger charge is 2.34. The van der Waals surface area contributed by atoms with Crippen molar-refractivity contribution in [3.05, 3.63) is 65.7 Å². The summed E-state index contributed by atoms with van der Waals surface area (Å²) in [6.45, 7) is 11.2. The van der Waals surface area contributed by atoms with Gasteiger partial charge in [-0.15, -0.1) is 0 Å². The Morgan fingerprint density at radius 3 is 2.21 bits per heavy atom. The van der Waals surface area contributed by atoms with E-state index in [0.29, 0.717) is 24.2 Å². The second-order valence-corrected chi connectivity index (χ2v) is 9.37. The third kappa shape index (κ3) is 7.90. The number of carbonyl (C=O) groups excluding carboxylic acids is 3. The van der Waals surface area contributed by atoms with Crippen molar-refractivity contribution in [3.8, 4) is 0 Å². The minimum Gasteiger partial charge on any atom is -0.444 e. The molecule has 0 aliphatic carbocycles. The highest BCUT2D eigenvalue weighted by atomic mass is 16.6. The van der Waals surface area contributed by atoms with Gasteiger partial charge in [0.25, 0.3) is 5.91 Å². The fourth-order valence-corrected chi connectivity index (χ4v) is 3.51. The van der Waals surface area contributed by atoms with Gasteiger partial charge in [0.2, 0.25) is 5.91 Å². The van der Waals surface area contributed by atoms with Gasteiger partial charge in [-0.05, 0) is 58.2 Å². The summed E-state index contributed by atoms with van der Waals surface area (Å²) in [7, 11) is 0. The van der Waals surface area contributed by atoms with Crippen molar-refractivity contribution >= 4 is 23.6 Å². The molecule has 2 rings (SSSR count). The Morgan fingerprint density at radius 2 is 1.62 bits per heavy atom. The number of rotatable bonds is 9. The number of unbranched alkanes of at least 4 members (excludes halogenated alkanes) is 1. The van der Waals surface area contributed by atoms with Gasteiger partial charge in [-0.1, -0.05) is 61.9 Å². The summed E-state index contributed by atoms with van der Waals surface area (Å²) in [5, 5.41) is 5.60. The van der Waals surface area contributed by atoms with Crippen LogP contribution < -0.4 is 10.6 Å². The molecule has 0 aromatic heterocycles. The van der Waals surface area contributed by atoms with Crippen LogP contribution in [0.3, 0.4) is 0 Å². The van der Waals surface area contributed by atoms with Gasteiger partial charge in [0.05, 0.1) is 0 Å². The van der Waals surface area contributed by atoms with E-state index in [0.717, 1.165) is 12.0 Å². The van der Waals surface area contributed by atoms with E-state index in [2.05, 4.69) is 10.6 Å². The number of hydrogen-bond acceptors (Lipinski definition) is 4. The predicted molar refractivity (Wildman–Crippen MR) is 134 cm³/mol. The monoisotopic (exact) mass is 467 g/mol. The molecule has 0 bridgehead atoms. The smallest absolute Gasteiger partial charge is 0.408 e. The van der Waals surface area contributed by atoms with Crippen molar-refractivity contribution in [1.29, 1.82) is 0 Å². The molecule has 184 valence electrons. The Hall–Kier alpha value is -3.35. The summed E-state index contributed by atoms with van der Waals surface area (Å²) in [6.07, 6.45) is 0.884. The lowest BCUT2D eigenvalue weighted by molar-refractivity contribution is -0.140. The van der Waals surface area contributed by atoms with Crippen LogP contribution in [0, 0.1) is 6.92 Å². The van der Waals surface area contributed by atoms with Gasteiger partial charge in [-0.3, -0.25) is 9.59 Å². The van der Waals surface area contributed by atoms with E-state index < -0.39 is 23.8 Å². The molecule has 0 aliphatic heterocycles. The number of aryl methyl sites for hydroxylation is 1. The zero-order chi connectivity index (χ0) is 25.3. The molecule has 2 atom stereocenters. The van der Waals surface area contributed by atoms with Crippen LogP contribution in [0.2, 0.25) is 0 Å². The first-order valence-corrected chi connectivity index (χ1v) is 11.7. The molecule has 3 amide bonds. The second kappa shape index (κ2) is 12.2. The van der Waals surface area contributed by atoms with Gasteiger partial charge in [0.15, 0.2) is 0 Å². The maximum Gasteiger partial charge on any atom is 0.408 e. The maximum atomic E-state index is 13.6. The molecule has 7 nitrogen and oxygen atoms in total. The molecule has 2 aromatic rings. The molecule has 2 unspecified atom stereocenters. The maximum absolute atomic E-state index is 13.6. The lowest BCUT2D eigenvalue weighted by atomic mass is 10.0. The lowest BCUT2D eigenvalue weighted by Gasteiger charge is -2.33. The highest BCUT2D eigenvalue weighted by molar-refractivity contribution is 5.99. The Labute approximate surface area is 202 Å². The third-order valence-electron chi connectivity index (χ3n) is 5.22. The fraction of sp³-hybridized carbons (Fsp3) is 0.444. The summed E-state index contributed by atoms with van der Waals surface area (Å²) in [6, 6.07) is 15.0. The Morgan fingerprint density at radius 1 is 1.00 bits per heavy atom. The average molecular weight is 468 g/mol. The zero-order valence-corrected chi connectivity index (χ0v) is 21.1. The van der Waals surface area contributed by atoms with Crippen molar-refractivity contribution in [2.24, 2.45) is 0 Å². The first-order chi connectivity index (χ1) is 16.0. The summed E-state index contributed by atoms with van der Waals surface area (Å²) in [5.41, 5.74) is 1.63. The molecule has 0 heterocycles. The topological polar surface area (TPSA) is 87.7 Å². The fourth-order valence-electron chi connectivity index (χ4n) is 3.51. The predicted octanol–water partition coefficient (Wildman–Crippen LogP) is 5.22. The number of para-hydroxylation sites is 1. The van der Waals surface area contributed by atoms with Crippen molar-refractivity contribution in [2.45, 2.75) is 72.1 Å². The number of anilines is 1. The van der Waals surface area contributed by atoms with E-state index in [-0.39, 0.29) is 11.8 Å². The average Bonchev–Trinajstić information content (AvgIpc) is 2.76. The molecule has 0 spiro atoms. The van der Waals surface area contributed by atoms with E-state index in [1.807, 2.05) is 68.4 Å². The summed E-state index contributed by atoms with van der Waals surface area (Å²) in [5.74, 6) is -0.664. The van der Waals surface area contributed by atoms with E-state index in [4.69, 9.17) is 4.74 Å². The molecular weight excluding hydrogens is 430 g/mol. The third-order valence-corrected chi connectivity index (χ3v) is 5.22. The van der Waals surface area contributed by atoms with Crippen LogP contribution in [-0.2, 0) is 14.3 Å². The van der Waals surface area contributed by atoms with Crippen LogP contribution in [0.25, 0.3) is 0 Å². The quantitative estimate of drug-likeness (QED) is 0.529.